The molecule has 0 aliphatic carbocycles. The van der Waals surface area contributed by atoms with E-state index in [1.165, 1.54) is 5.56 Å². The lowest BCUT2D eigenvalue weighted by Gasteiger charge is -2.35. The van der Waals surface area contributed by atoms with Crippen LogP contribution < -0.4 is 19.5 Å². The lowest BCUT2D eigenvalue weighted by atomic mass is 9.95. The number of carbonyl (C=O) groups is 1. The van der Waals surface area contributed by atoms with Gasteiger partial charge in [0, 0.05) is 13.1 Å². The third-order valence-corrected chi connectivity index (χ3v) is 6.09. The number of ether oxygens (including phenoxy) is 3. The first-order valence-electron chi connectivity index (χ1n) is 11.0. The minimum absolute atomic E-state index is 0.0889. The maximum Gasteiger partial charge on any atom is 0.246 e. The van der Waals surface area contributed by atoms with Crippen LogP contribution in [0.2, 0.25) is 0 Å². The molecule has 1 heterocycles. The highest BCUT2D eigenvalue weighted by Gasteiger charge is 2.31. The Labute approximate surface area is 195 Å². The maximum absolute atomic E-state index is 13.7. The van der Waals surface area contributed by atoms with Crippen molar-refractivity contribution in [3.63, 3.8) is 0 Å². The van der Waals surface area contributed by atoms with Gasteiger partial charge in [-0.15, -0.1) is 0 Å². The largest absolute Gasteiger partial charge is 0.495 e. The van der Waals surface area contributed by atoms with Crippen molar-refractivity contribution in [1.29, 1.82) is 0 Å². The average molecular weight is 447 g/mol. The second-order valence-electron chi connectivity index (χ2n) is 8.20. The Bertz CT molecular complexity index is 1130. The van der Waals surface area contributed by atoms with Gasteiger partial charge in [0.15, 0.2) is 11.5 Å². The van der Waals surface area contributed by atoms with Crippen molar-refractivity contribution in [3.05, 3.63) is 82.9 Å². The molecule has 4 rings (SSSR count). The molecule has 1 unspecified atom stereocenters. The van der Waals surface area contributed by atoms with E-state index < -0.39 is 6.04 Å². The molecule has 1 amide bonds. The van der Waals surface area contributed by atoms with Crippen molar-refractivity contribution in [1.82, 2.24) is 4.90 Å². The first kappa shape index (κ1) is 22.7. The number of hydrogen-bond donors (Lipinski definition) is 1. The third-order valence-electron chi connectivity index (χ3n) is 6.09. The first-order valence-corrected chi connectivity index (χ1v) is 11.0. The Kier molecular flexibility index (Phi) is 6.84. The van der Waals surface area contributed by atoms with E-state index in [0.717, 1.165) is 35.4 Å². The van der Waals surface area contributed by atoms with Crippen molar-refractivity contribution >= 4 is 11.6 Å². The molecule has 1 aliphatic rings. The molecular weight excluding hydrogens is 416 g/mol. The zero-order chi connectivity index (χ0) is 23.4. The number of anilines is 1. The van der Waals surface area contributed by atoms with Gasteiger partial charge in [-0.05, 0) is 59.9 Å². The highest BCUT2D eigenvalue weighted by Crippen LogP contribution is 2.36. The number of hydrogen-bond acceptors (Lipinski definition) is 5. The van der Waals surface area contributed by atoms with E-state index in [1.54, 1.807) is 21.3 Å². The normalized spacial score (nSPS) is 14.2. The quantitative estimate of drug-likeness (QED) is 0.567. The van der Waals surface area contributed by atoms with Crippen molar-refractivity contribution in [2.24, 2.45) is 0 Å². The Morgan fingerprint density at radius 3 is 2.21 bits per heavy atom. The van der Waals surface area contributed by atoms with E-state index >= 15 is 0 Å². The van der Waals surface area contributed by atoms with Crippen LogP contribution in [0.4, 0.5) is 5.69 Å². The predicted octanol–water partition coefficient (Wildman–Crippen LogP) is 4.76. The molecule has 33 heavy (non-hydrogen) atoms. The summed E-state index contributed by atoms with van der Waals surface area (Å²) in [6.45, 7) is 3.38. The van der Waals surface area contributed by atoms with Crippen LogP contribution in [0.1, 0.15) is 28.3 Å². The van der Waals surface area contributed by atoms with Crippen molar-refractivity contribution in [2.75, 3.05) is 33.2 Å². The van der Waals surface area contributed by atoms with Gasteiger partial charge < -0.3 is 19.5 Å². The van der Waals surface area contributed by atoms with Crippen molar-refractivity contribution < 1.29 is 19.0 Å². The zero-order valence-corrected chi connectivity index (χ0v) is 19.6. The molecule has 0 aromatic heterocycles. The molecule has 6 nitrogen and oxygen atoms in total. The SMILES string of the molecule is COc1ccc(C)cc1NC(=O)C(c1ccccc1)N1CCc2cc(OC)c(OC)cc2C1. The Morgan fingerprint density at radius 2 is 1.55 bits per heavy atom. The number of fused-ring (bicyclic) bond motifs is 1. The Morgan fingerprint density at radius 1 is 0.879 bits per heavy atom. The summed E-state index contributed by atoms with van der Waals surface area (Å²) < 4.78 is 16.4. The summed E-state index contributed by atoms with van der Waals surface area (Å²) in [5, 5.41) is 3.11. The second-order valence-corrected chi connectivity index (χ2v) is 8.20. The van der Waals surface area contributed by atoms with Gasteiger partial charge in [-0.3, -0.25) is 9.69 Å². The summed E-state index contributed by atoms with van der Waals surface area (Å²) >= 11 is 0. The van der Waals surface area contributed by atoms with Crippen LogP contribution in [0.25, 0.3) is 0 Å². The lowest BCUT2D eigenvalue weighted by Crippen LogP contribution is -2.40. The fourth-order valence-corrected chi connectivity index (χ4v) is 4.41. The van der Waals surface area contributed by atoms with Gasteiger partial charge in [0.2, 0.25) is 5.91 Å². The highest BCUT2D eigenvalue weighted by molar-refractivity contribution is 5.97. The number of amides is 1. The highest BCUT2D eigenvalue weighted by atomic mass is 16.5. The van der Waals surface area contributed by atoms with Crippen molar-refractivity contribution in [2.45, 2.75) is 25.9 Å². The molecule has 1 atom stereocenters. The van der Waals surface area contributed by atoms with Gasteiger partial charge in [-0.1, -0.05) is 36.4 Å². The molecule has 0 saturated heterocycles. The van der Waals surface area contributed by atoms with E-state index in [9.17, 15) is 4.79 Å². The molecule has 1 aliphatic heterocycles. The predicted molar refractivity (Wildman–Crippen MR) is 129 cm³/mol. The summed E-state index contributed by atoms with van der Waals surface area (Å²) in [6.07, 6.45) is 0.820. The monoisotopic (exact) mass is 446 g/mol. The number of aryl methyl sites for hydroxylation is 1. The zero-order valence-electron chi connectivity index (χ0n) is 19.6. The van der Waals surface area contributed by atoms with Gasteiger partial charge in [0.25, 0.3) is 0 Å². The molecule has 0 fully saturated rings. The summed E-state index contributed by atoms with van der Waals surface area (Å²) in [6, 6.07) is 19.3. The van der Waals surface area contributed by atoms with Gasteiger partial charge in [0.05, 0.1) is 27.0 Å². The molecule has 1 N–H and O–H groups in total. The standard InChI is InChI=1S/C27H30N2O4/c1-18-10-11-23(31-2)22(14-18)28-27(30)26(19-8-6-5-7-9-19)29-13-12-20-15-24(32-3)25(33-4)16-21(20)17-29/h5-11,14-16,26H,12-13,17H2,1-4H3,(H,28,30). The van der Waals surface area contributed by atoms with Crippen LogP contribution in [-0.4, -0.2) is 38.7 Å². The molecule has 0 spiro atoms. The Balaban J connectivity index is 1.66. The first-order chi connectivity index (χ1) is 16.0. The van der Waals surface area contributed by atoms with Crippen LogP contribution in [0, 0.1) is 6.92 Å². The van der Waals surface area contributed by atoms with Crippen LogP contribution in [0.15, 0.2) is 60.7 Å². The molecular formula is C27H30N2O4. The summed E-state index contributed by atoms with van der Waals surface area (Å²) in [7, 11) is 4.90. The van der Waals surface area contributed by atoms with E-state index in [1.807, 2.05) is 67.6 Å². The molecule has 3 aromatic rings. The number of nitrogens with one attached hydrogen (secondary N) is 1. The summed E-state index contributed by atoms with van der Waals surface area (Å²) in [4.78, 5) is 15.9. The fraction of sp³-hybridized carbons (Fsp3) is 0.296. The van der Waals surface area contributed by atoms with Crippen LogP contribution in [0.3, 0.4) is 0 Å². The molecule has 3 aromatic carbocycles. The van der Waals surface area contributed by atoms with Crippen LogP contribution in [0.5, 0.6) is 17.2 Å². The molecule has 0 saturated carbocycles. The Hall–Kier alpha value is -3.51. The minimum atomic E-state index is -0.447. The second kappa shape index (κ2) is 9.96. The number of nitrogens with zero attached hydrogens (tertiary/aromatic N) is 1. The maximum atomic E-state index is 13.7. The van der Waals surface area contributed by atoms with E-state index in [0.29, 0.717) is 23.7 Å². The smallest absolute Gasteiger partial charge is 0.246 e. The lowest BCUT2D eigenvalue weighted by molar-refractivity contribution is -0.122. The molecule has 6 heteroatoms. The summed E-state index contributed by atoms with van der Waals surface area (Å²) in [5.74, 6) is 1.98. The third kappa shape index (κ3) is 4.81. The van der Waals surface area contributed by atoms with Crippen molar-refractivity contribution in [3.8, 4) is 17.2 Å². The molecule has 0 radical (unpaired) electrons. The fourth-order valence-electron chi connectivity index (χ4n) is 4.41. The number of rotatable bonds is 7. The van der Waals surface area contributed by atoms with Gasteiger partial charge >= 0.3 is 0 Å². The van der Waals surface area contributed by atoms with E-state index in [4.69, 9.17) is 14.2 Å². The van der Waals surface area contributed by atoms with E-state index in [-0.39, 0.29) is 5.91 Å². The number of carbonyl (C=O) groups excluding carboxylic acids is 1. The molecule has 0 bridgehead atoms. The number of methoxy groups -OCH3 is 3. The minimum Gasteiger partial charge on any atom is -0.495 e. The van der Waals surface area contributed by atoms with Crippen LogP contribution >= 0.6 is 0 Å². The van der Waals surface area contributed by atoms with Gasteiger partial charge in [-0.25, -0.2) is 0 Å². The van der Waals surface area contributed by atoms with Gasteiger partial charge in [0.1, 0.15) is 11.8 Å². The van der Waals surface area contributed by atoms with E-state index in [2.05, 4.69) is 10.2 Å². The van der Waals surface area contributed by atoms with Gasteiger partial charge in [-0.2, -0.15) is 0 Å². The average Bonchev–Trinajstić information content (AvgIpc) is 2.84. The molecule has 172 valence electrons. The summed E-state index contributed by atoms with van der Waals surface area (Å²) in [5.41, 5.74) is 5.03. The number of benzene rings is 3. The topological polar surface area (TPSA) is 60.0 Å². The van der Waals surface area contributed by atoms with Crippen LogP contribution in [-0.2, 0) is 17.8 Å².